The van der Waals surface area contributed by atoms with E-state index in [-0.39, 0.29) is 29.9 Å². The number of ether oxygens (including phenoxy) is 1. The number of rotatable bonds is 8. The van der Waals surface area contributed by atoms with Gasteiger partial charge < -0.3 is 20.3 Å². The predicted molar refractivity (Wildman–Crippen MR) is 144 cm³/mol. The summed E-state index contributed by atoms with van der Waals surface area (Å²) in [4.78, 5) is 20.7. The van der Waals surface area contributed by atoms with Gasteiger partial charge in [0.05, 0.1) is 19.8 Å². The number of guanidine groups is 1. The summed E-state index contributed by atoms with van der Waals surface area (Å²) in [7, 11) is 3.51. The monoisotopic (exact) mass is 565 g/mol. The summed E-state index contributed by atoms with van der Waals surface area (Å²) in [6, 6.07) is 16.4. The molecule has 0 atom stereocenters. The average molecular weight is 566 g/mol. The van der Waals surface area contributed by atoms with Gasteiger partial charge in [-0.1, -0.05) is 36.4 Å². The molecule has 0 saturated carbocycles. The number of aliphatic imine (C=N–C) groups is 1. The van der Waals surface area contributed by atoms with Crippen molar-refractivity contribution in [1.82, 2.24) is 20.4 Å². The highest BCUT2D eigenvalue weighted by Crippen LogP contribution is 2.10. The Labute approximate surface area is 214 Å². The van der Waals surface area contributed by atoms with Crippen molar-refractivity contribution in [3.63, 3.8) is 0 Å². The van der Waals surface area contributed by atoms with Crippen molar-refractivity contribution in [1.29, 1.82) is 0 Å². The molecule has 33 heavy (non-hydrogen) atoms. The van der Waals surface area contributed by atoms with Crippen LogP contribution in [-0.4, -0.2) is 68.6 Å². The molecule has 0 aromatic heterocycles. The minimum atomic E-state index is 0. The molecule has 1 fully saturated rings. The SMILES string of the molecule is CCNC(=NCc1ccc(C(=O)N(C)C)cc1)NCc1ccc(CN2CCOCC2)cc1.I. The van der Waals surface area contributed by atoms with Crippen molar-refractivity contribution in [2.45, 2.75) is 26.6 Å². The number of hydrogen-bond donors (Lipinski definition) is 2. The lowest BCUT2D eigenvalue weighted by Crippen LogP contribution is -2.36. The van der Waals surface area contributed by atoms with E-state index in [4.69, 9.17) is 4.74 Å². The Balaban J connectivity index is 0.00000385. The van der Waals surface area contributed by atoms with Crippen LogP contribution in [0.4, 0.5) is 0 Å². The zero-order valence-corrected chi connectivity index (χ0v) is 22.2. The number of morpholine rings is 1. The van der Waals surface area contributed by atoms with Crippen LogP contribution in [0.2, 0.25) is 0 Å². The van der Waals surface area contributed by atoms with E-state index in [9.17, 15) is 4.79 Å². The molecule has 1 heterocycles. The Morgan fingerprint density at radius 3 is 2.18 bits per heavy atom. The van der Waals surface area contributed by atoms with E-state index in [0.29, 0.717) is 18.7 Å². The number of amides is 1. The third kappa shape index (κ3) is 8.94. The highest BCUT2D eigenvalue weighted by Gasteiger charge is 2.10. The van der Waals surface area contributed by atoms with E-state index in [0.717, 1.165) is 50.9 Å². The lowest BCUT2D eigenvalue weighted by molar-refractivity contribution is 0.0342. The van der Waals surface area contributed by atoms with Crippen molar-refractivity contribution in [3.8, 4) is 0 Å². The second-order valence-corrected chi connectivity index (χ2v) is 8.15. The van der Waals surface area contributed by atoms with E-state index in [1.54, 1.807) is 19.0 Å². The molecule has 1 aliphatic heterocycles. The van der Waals surface area contributed by atoms with Crippen molar-refractivity contribution < 1.29 is 9.53 Å². The highest BCUT2D eigenvalue weighted by atomic mass is 127. The second kappa shape index (κ2) is 14.2. The van der Waals surface area contributed by atoms with E-state index in [1.807, 2.05) is 24.3 Å². The summed E-state index contributed by atoms with van der Waals surface area (Å²) in [6.45, 7) is 8.73. The van der Waals surface area contributed by atoms with E-state index >= 15 is 0 Å². The molecule has 0 radical (unpaired) electrons. The quantitative estimate of drug-likeness (QED) is 0.293. The minimum Gasteiger partial charge on any atom is -0.379 e. The molecule has 0 bridgehead atoms. The number of carbonyl (C=O) groups excluding carboxylic acids is 1. The van der Waals surface area contributed by atoms with E-state index in [2.05, 4.69) is 51.7 Å². The van der Waals surface area contributed by atoms with Crippen LogP contribution in [0.1, 0.15) is 34.0 Å². The van der Waals surface area contributed by atoms with E-state index in [1.165, 1.54) is 11.1 Å². The normalized spacial score (nSPS) is 14.3. The molecule has 2 aromatic carbocycles. The van der Waals surface area contributed by atoms with E-state index < -0.39 is 0 Å². The fraction of sp³-hybridized carbons (Fsp3) is 0.440. The largest absolute Gasteiger partial charge is 0.379 e. The topological polar surface area (TPSA) is 69.2 Å². The molecule has 3 rings (SSSR count). The molecule has 0 spiro atoms. The van der Waals surface area contributed by atoms with Crippen LogP contribution >= 0.6 is 24.0 Å². The molecule has 180 valence electrons. The van der Waals surface area contributed by atoms with Gasteiger partial charge in [0.1, 0.15) is 0 Å². The first-order valence-corrected chi connectivity index (χ1v) is 11.3. The molecule has 1 saturated heterocycles. The average Bonchev–Trinajstić information content (AvgIpc) is 2.82. The first kappa shape index (κ1) is 27.1. The summed E-state index contributed by atoms with van der Waals surface area (Å²) >= 11 is 0. The molecular weight excluding hydrogens is 529 g/mol. The maximum Gasteiger partial charge on any atom is 0.253 e. The van der Waals surface area contributed by atoms with Crippen molar-refractivity contribution >= 4 is 35.8 Å². The molecule has 7 nitrogen and oxygen atoms in total. The van der Waals surface area contributed by atoms with Crippen molar-refractivity contribution in [2.75, 3.05) is 46.9 Å². The van der Waals surface area contributed by atoms with Crippen LogP contribution in [-0.2, 0) is 24.4 Å². The van der Waals surface area contributed by atoms with Crippen molar-refractivity contribution in [3.05, 3.63) is 70.8 Å². The Hall–Kier alpha value is -2.17. The Bertz CT molecular complexity index is 879. The number of carbonyl (C=O) groups is 1. The van der Waals surface area contributed by atoms with Gasteiger partial charge >= 0.3 is 0 Å². The van der Waals surface area contributed by atoms with Gasteiger partial charge in [-0.05, 0) is 35.7 Å². The predicted octanol–water partition coefficient (Wildman–Crippen LogP) is 3.09. The van der Waals surface area contributed by atoms with Gasteiger partial charge in [0.15, 0.2) is 5.96 Å². The van der Waals surface area contributed by atoms with Crippen molar-refractivity contribution in [2.24, 2.45) is 4.99 Å². The Morgan fingerprint density at radius 1 is 0.970 bits per heavy atom. The zero-order valence-electron chi connectivity index (χ0n) is 19.8. The first-order chi connectivity index (χ1) is 15.5. The maximum atomic E-state index is 12.0. The summed E-state index contributed by atoms with van der Waals surface area (Å²) in [5.41, 5.74) is 4.29. The van der Waals surface area contributed by atoms with Crippen LogP contribution in [0.25, 0.3) is 0 Å². The van der Waals surface area contributed by atoms with Gasteiger partial charge in [0.2, 0.25) is 0 Å². The van der Waals surface area contributed by atoms with Gasteiger partial charge in [-0.2, -0.15) is 0 Å². The van der Waals surface area contributed by atoms with Gasteiger partial charge in [0.25, 0.3) is 5.91 Å². The number of nitrogens with zero attached hydrogens (tertiary/aromatic N) is 3. The zero-order chi connectivity index (χ0) is 22.8. The molecular formula is C25H36IN5O2. The van der Waals surface area contributed by atoms with Crippen LogP contribution in [0.5, 0.6) is 0 Å². The molecule has 2 aromatic rings. The Kier molecular flexibility index (Phi) is 11.6. The van der Waals surface area contributed by atoms with Gasteiger partial charge in [-0.3, -0.25) is 9.69 Å². The Morgan fingerprint density at radius 2 is 1.58 bits per heavy atom. The van der Waals surface area contributed by atoms with Crippen LogP contribution in [0, 0.1) is 0 Å². The number of benzene rings is 2. The lowest BCUT2D eigenvalue weighted by Gasteiger charge is -2.26. The number of halogens is 1. The minimum absolute atomic E-state index is 0. The fourth-order valence-electron chi connectivity index (χ4n) is 3.49. The number of nitrogens with one attached hydrogen (secondary N) is 2. The first-order valence-electron chi connectivity index (χ1n) is 11.3. The standard InChI is InChI=1S/C25H35N5O2.HI/c1-4-26-25(28-18-21-9-11-23(12-10-21)24(31)29(2)3)27-17-20-5-7-22(8-6-20)19-30-13-15-32-16-14-30;/h5-12H,4,13-19H2,1-3H3,(H2,26,27,28);1H. The summed E-state index contributed by atoms with van der Waals surface area (Å²) in [6.07, 6.45) is 0. The van der Waals surface area contributed by atoms with Crippen LogP contribution in [0.3, 0.4) is 0 Å². The lowest BCUT2D eigenvalue weighted by atomic mass is 10.1. The van der Waals surface area contributed by atoms with Crippen LogP contribution < -0.4 is 10.6 Å². The third-order valence-corrected chi connectivity index (χ3v) is 5.36. The van der Waals surface area contributed by atoms with Gasteiger partial charge in [0, 0.05) is 52.4 Å². The molecule has 0 unspecified atom stereocenters. The summed E-state index contributed by atoms with van der Waals surface area (Å²) < 4.78 is 5.42. The second-order valence-electron chi connectivity index (χ2n) is 8.15. The molecule has 2 N–H and O–H groups in total. The fourth-order valence-corrected chi connectivity index (χ4v) is 3.49. The molecule has 8 heteroatoms. The molecule has 1 amide bonds. The number of hydrogen-bond acceptors (Lipinski definition) is 4. The third-order valence-electron chi connectivity index (χ3n) is 5.36. The summed E-state index contributed by atoms with van der Waals surface area (Å²) in [5, 5.41) is 6.70. The van der Waals surface area contributed by atoms with Crippen LogP contribution in [0.15, 0.2) is 53.5 Å². The van der Waals surface area contributed by atoms with Gasteiger partial charge in [-0.25, -0.2) is 4.99 Å². The molecule has 0 aliphatic carbocycles. The smallest absolute Gasteiger partial charge is 0.253 e. The van der Waals surface area contributed by atoms with Gasteiger partial charge in [-0.15, -0.1) is 24.0 Å². The highest BCUT2D eigenvalue weighted by molar-refractivity contribution is 14.0. The summed E-state index contributed by atoms with van der Waals surface area (Å²) in [5.74, 6) is 0.782. The maximum absolute atomic E-state index is 12.0. The molecule has 1 aliphatic rings.